The first-order valence-corrected chi connectivity index (χ1v) is 12.5. The molecule has 1 unspecified atom stereocenters. The van der Waals surface area contributed by atoms with Crippen molar-refractivity contribution in [3.63, 3.8) is 0 Å². The summed E-state index contributed by atoms with van der Waals surface area (Å²) in [6, 6.07) is 7.12. The summed E-state index contributed by atoms with van der Waals surface area (Å²) in [6.45, 7) is 2.72. The van der Waals surface area contributed by atoms with Crippen LogP contribution < -0.4 is 18.9 Å². The van der Waals surface area contributed by atoms with Crippen LogP contribution in [0.2, 0.25) is 0 Å². The maximum absolute atomic E-state index is 13.2. The molecule has 1 fully saturated rings. The molecule has 3 heterocycles. The van der Waals surface area contributed by atoms with E-state index in [4.69, 9.17) is 18.9 Å². The normalized spacial score (nSPS) is 22.5. The van der Waals surface area contributed by atoms with Gasteiger partial charge >= 0.3 is 0 Å². The Bertz CT molecular complexity index is 1280. The zero-order valence-electron chi connectivity index (χ0n) is 18.7. The number of hydrogen-bond donors (Lipinski definition) is 0. The van der Waals surface area contributed by atoms with Crippen molar-refractivity contribution in [2.75, 3.05) is 32.5 Å². The van der Waals surface area contributed by atoms with E-state index in [1.165, 1.54) is 0 Å². The average molecular weight is 472 g/mol. The van der Waals surface area contributed by atoms with E-state index in [1.54, 1.807) is 32.4 Å². The first-order valence-electron chi connectivity index (χ1n) is 10.7. The molecule has 5 rings (SSSR count). The Morgan fingerprint density at radius 3 is 2.61 bits per heavy atom. The summed E-state index contributed by atoms with van der Waals surface area (Å²) >= 11 is 0. The minimum Gasteiger partial charge on any atom is -0.493 e. The minimum atomic E-state index is -2.99. The lowest BCUT2D eigenvalue weighted by molar-refractivity contribution is 0.0637. The quantitative estimate of drug-likeness (QED) is 0.629. The van der Waals surface area contributed by atoms with E-state index in [9.17, 15) is 13.2 Å². The molecule has 1 atom stereocenters. The topological polar surface area (TPSA) is 91.4 Å². The van der Waals surface area contributed by atoms with Gasteiger partial charge in [-0.15, -0.1) is 0 Å². The fraction of sp³-hybridized carbons (Fsp3) is 0.375. The Morgan fingerprint density at radius 2 is 1.91 bits per heavy atom. The first kappa shape index (κ1) is 21.8. The van der Waals surface area contributed by atoms with Crippen LogP contribution in [0.5, 0.6) is 23.0 Å². The van der Waals surface area contributed by atoms with Crippen LogP contribution >= 0.6 is 0 Å². The van der Waals surface area contributed by atoms with E-state index in [-0.39, 0.29) is 29.1 Å². The molecule has 0 saturated carbocycles. The van der Waals surface area contributed by atoms with Crippen molar-refractivity contribution in [1.82, 2.24) is 4.90 Å². The Balaban J connectivity index is 1.43. The maximum atomic E-state index is 13.2. The highest BCUT2D eigenvalue weighted by Gasteiger charge is 2.37. The molecule has 8 nitrogen and oxygen atoms in total. The molecule has 1 saturated heterocycles. The van der Waals surface area contributed by atoms with Crippen LogP contribution in [-0.2, 0) is 16.4 Å². The van der Waals surface area contributed by atoms with Crippen molar-refractivity contribution < 1.29 is 32.2 Å². The largest absolute Gasteiger partial charge is 0.493 e. The summed E-state index contributed by atoms with van der Waals surface area (Å²) in [5, 5.41) is 0. The third-order valence-electron chi connectivity index (χ3n) is 6.39. The summed E-state index contributed by atoms with van der Waals surface area (Å²) in [5.74, 6) is 2.74. The smallest absolute Gasteiger partial charge is 0.231 e. The van der Waals surface area contributed by atoms with Gasteiger partial charge in [0.15, 0.2) is 27.1 Å². The molecule has 0 amide bonds. The molecule has 9 heteroatoms. The van der Waals surface area contributed by atoms with Crippen molar-refractivity contribution in [3.8, 4) is 23.0 Å². The predicted octanol–water partition coefficient (Wildman–Crippen LogP) is 2.97. The number of hydrogen-bond acceptors (Lipinski definition) is 8. The number of carbonyl (C=O) groups excluding carboxylic acids is 1. The van der Waals surface area contributed by atoms with Crippen molar-refractivity contribution in [2.45, 2.75) is 25.9 Å². The zero-order valence-corrected chi connectivity index (χ0v) is 19.5. The molecule has 0 spiro atoms. The third kappa shape index (κ3) is 3.85. The number of fused-ring (bicyclic) bond motifs is 2. The second-order valence-corrected chi connectivity index (χ2v) is 10.7. The van der Waals surface area contributed by atoms with Gasteiger partial charge in [0, 0.05) is 23.7 Å². The summed E-state index contributed by atoms with van der Waals surface area (Å²) in [5.41, 5.74) is 2.87. The van der Waals surface area contributed by atoms with Crippen molar-refractivity contribution in [1.29, 1.82) is 0 Å². The van der Waals surface area contributed by atoms with Crippen molar-refractivity contribution >= 4 is 21.7 Å². The highest BCUT2D eigenvalue weighted by atomic mass is 32.2. The molecular weight excluding hydrogens is 446 g/mol. The van der Waals surface area contributed by atoms with Gasteiger partial charge in [-0.3, -0.25) is 9.69 Å². The van der Waals surface area contributed by atoms with E-state index in [1.807, 2.05) is 24.0 Å². The number of carbonyl (C=O) groups is 1. The predicted molar refractivity (Wildman–Crippen MR) is 122 cm³/mol. The molecule has 174 valence electrons. The lowest BCUT2D eigenvalue weighted by atomic mass is 9.99. The third-order valence-corrected chi connectivity index (χ3v) is 8.15. The number of sulfone groups is 1. The fourth-order valence-electron chi connectivity index (χ4n) is 4.66. The number of nitrogens with zero attached hydrogens (tertiary/aromatic N) is 1. The SMILES string of the molecule is COc1ccc(/C=C2/Oc3c(cc4c(c3C)OCN(C3CCS(=O)(=O)C3)C4)C2=O)cc1OC. The van der Waals surface area contributed by atoms with E-state index < -0.39 is 9.84 Å². The Kier molecular flexibility index (Phi) is 5.33. The Morgan fingerprint density at radius 1 is 1.12 bits per heavy atom. The molecule has 0 aromatic heterocycles. The molecule has 33 heavy (non-hydrogen) atoms. The Labute approximate surface area is 192 Å². The molecule has 3 aliphatic rings. The highest BCUT2D eigenvalue weighted by molar-refractivity contribution is 7.91. The molecule has 2 aromatic rings. The van der Waals surface area contributed by atoms with Crippen LogP contribution in [0.25, 0.3) is 6.08 Å². The average Bonchev–Trinajstić information content (AvgIpc) is 3.33. The lowest BCUT2D eigenvalue weighted by Crippen LogP contribution is -2.41. The van der Waals surface area contributed by atoms with Gasteiger partial charge in [-0.2, -0.15) is 0 Å². The monoisotopic (exact) mass is 471 g/mol. The number of Topliss-reactive ketones (excluding diaryl/α,β-unsaturated/α-hetero) is 1. The Hall–Kier alpha value is -3.04. The van der Waals surface area contributed by atoms with Crippen LogP contribution in [-0.4, -0.2) is 57.6 Å². The number of ketones is 1. The number of benzene rings is 2. The van der Waals surface area contributed by atoms with Crippen LogP contribution in [0.15, 0.2) is 30.0 Å². The highest BCUT2D eigenvalue weighted by Crippen LogP contribution is 2.44. The van der Waals surface area contributed by atoms with E-state index >= 15 is 0 Å². The number of allylic oxidation sites excluding steroid dienone is 1. The molecule has 0 N–H and O–H groups in total. The molecule has 0 radical (unpaired) electrons. The van der Waals surface area contributed by atoms with Gasteiger partial charge < -0.3 is 18.9 Å². The van der Waals surface area contributed by atoms with Gasteiger partial charge in [-0.25, -0.2) is 8.42 Å². The molecule has 2 aromatic carbocycles. The van der Waals surface area contributed by atoms with Gasteiger partial charge in [0.1, 0.15) is 18.2 Å². The molecule has 0 bridgehead atoms. The minimum absolute atomic E-state index is 0.0656. The van der Waals surface area contributed by atoms with Gasteiger partial charge in [-0.1, -0.05) is 6.07 Å². The number of methoxy groups -OCH3 is 2. The standard InChI is InChI=1S/C24H25NO7S/c1-14-23-16(11-25(13-31-23)17-6-7-33(27,28)12-17)10-18-22(26)21(32-24(14)18)9-15-4-5-19(29-2)20(8-15)30-3/h4-5,8-10,17H,6-7,11-13H2,1-3H3/b21-9+. The van der Waals surface area contributed by atoms with Crippen molar-refractivity contribution in [2.24, 2.45) is 0 Å². The van der Waals surface area contributed by atoms with Crippen LogP contribution in [0.1, 0.15) is 33.5 Å². The van der Waals surface area contributed by atoms with E-state index in [2.05, 4.69) is 0 Å². The van der Waals surface area contributed by atoms with E-state index in [0.717, 1.165) is 16.7 Å². The number of ether oxygens (including phenoxy) is 4. The van der Waals surface area contributed by atoms with Gasteiger partial charge in [0.25, 0.3) is 0 Å². The first-order chi connectivity index (χ1) is 15.8. The van der Waals surface area contributed by atoms with Crippen LogP contribution in [0, 0.1) is 6.92 Å². The van der Waals surface area contributed by atoms with Gasteiger partial charge in [0.05, 0.1) is 31.3 Å². The zero-order chi connectivity index (χ0) is 23.3. The maximum Gasteiger partial charge on any atom is 0.231 e. The summed E-state index contributed by atoms with van der Waals surface area (Å²) in [6.07, 6.45) is 2.28. The summed E-state index contributed by atoms with van der Waals surface area (Å²) in [7, 11) is 0.130. The summed E-state index contributed by atoms with van der Waals surface area (Å²) in [4.78, 5) is 15.2. The number of rotatable bonds is 4. The van der Waals surface area contributed by atoms with Crippen LogP contribution in [0.4, 0.5) is 0 Å². The van der Waals surface area contributed by atoms with Crippen LogP contribution in [0.3, 0.4) is 0 Å². The fourth-order valence-corrected chi connectivity index (χ4v) is 6.42. The van der Waals surface area contributed by atoms with Gasteiger partial charge in [0.2, 0.25) is 5.78 Å². The lowest BCUT2D eigenvalue weighted by Gasteiger charge is -2.33. The molecular formula is C24H25NO7S. The van der Waals surface area contributed by atoms with Crippen molar-refractivity contribution in [3.05, 3.63) is 52.3 Å². The second-order valence-electron chi connectivity index (χ2n) is 8.50. The summed E-state index contributed by atoms with van der Waals surface area (Å²) < 4.78 is 46.4. The molecule has 0 aliphatic carbocycles. The molecule has 3 aliphatic heterocycles. The van der Waals surface area contributed by atoms with Gasteiger partial charge in [-0.05, 0) is 43.2 Å². The van der Waals surface area contributed by atoms with E-state index in [0.29, 0.717) is 48.3 Å². The second kappa shape index (κ2) is 8.07.